The molecule has 0 spiro atoms. The van der Waals surface area contributed by atoms with Crippen LogP contribution < -0.4 is 10.7 Å². The molecule has 0 aliphatic carbocycles. The molecule has 1 heterocycles. The summed E-state index contributed by atoms with van der Waals surface area (Å²) in [5.74, 6) is -0.866. The normalized spacial score (nSPS) is 19.1. The summed E-state index contributed by atoms with van der Waals surface area (Å²) in [4.78, 5) is 37.9. The van der Waals surface area contributed by atoms with Gasteiger partial charge in [0.25, 0.3) is 0 Å². The highest BCUT2D eigenvalue weighted by Gasteiger charge is 2.48. The van der Waals surface area contributed by atoms with E-state index in [-0.39, 0.29) is 52.3 Å². The Morgan fingerprint density at radius 2 is 1.12 bits per heavy atom. The highest BCUT2D eigenvalue weighted by molar-refractivity contribution is 5.79. The van der Waals surface area contributed by atoms with Crippen LogP contribution in [-0.4, -0.2) is 92.5 Å². The number of hydrogen-bond donors (Lipinski definition) is 2. The maximum atomic E-state index is 13.1. The van der Waals surface area contributed by atoms with Gasteiger partial charge in [-0.25, -0.2) is 9.80 Å². The third-order valence-electron chi connectivity index (χ3n) is 9.52. The van der Waals surface area contributed by atoms with Crippen molar-refractivity contribution in [3.05, 3.63) is 144 Å². The summed E-state index contributed by atoms with van der Waals surface area (Å²) in [6, 6.07) is 39.6. The molecule has 13 nitrogen and oxygen atoms in total. The molecule has 322 valence electrons. The van der Waals surface area contributed by atoms with Crippen molar-refractivity contribution in [1.82, 2.24) is 15.8 Å². The zero-order valence-electron chi connectivity index (χ0n) is 35.0. The average molecular weight is 826 g/mol. The average Bonchev–Trinajstić information content (AvgIpc) is 3.24. The molecule has 2 N–H and O–H groups in total. The predicted octanol–water partition coefficient (Wildman–Crippen LogP) is 6.54. The van der Waals surface area contributed by atoms with Crippen LogP contribution in [0.5, 0.6) is 0 Å². The van der Waals surface area contributed by atoms with E-state index in [1.54, 1.807) is 20.8 Å². The van der Waals surface area contributed by atoms with Gasteiger partial charge in [-0.15, -0.1) is 0 Å². The Kier molecular flexibility index (Phi) is 18.5. The summed E-state index contributed by atoms with van der Waals surface area (Å²) in [5, 5.41) is 4.19. The molecule has 5 atom stereocenters. The number of methoxy groups -OCH3 is 1. The number of hydrazine groups is 1. The van der Waals surface area contributed by atoms with Gasteiger partial charge in [-0.3, -0.25) is 15.0 Å². The van der Waals surface area contributed by atoms with Gasteiger partial charge < -0.3 is 38.5 Å². The number of benzene rings is 4. The van der Waals surface area contributed by atoms with Crippen molar-refractivity contribution in [3.63, 3.8) is 0 Å². The highest BCUT2D eigenvalue weighted by Crippen LogP contribution is 2.32. The molecule has 5 rings (SSSR count). The van der Waals surface area contributed by atoms with E-state index in [1.807, 2.05) is 121 Å². The molecular weight excluding hydrogens is 767 g/mol. The Morgan fingerprint density at radius 1 is 0.650 bits per heavy atom. The largest absolute Gasteiger partial charge is 0.469 e. The van der Waals surface area contributed by atoms with E-state index in [9.17, 15) is 14.4 Å². The second-order valence-electron chi connectivity index (χ2n) is 15.5. The van der Waals surface area contributed by atoms with Crippen LogP contribution in [0.2, 0.25) is 0 Å². The monoisotopic (exact) mass is 825 g/mol. The SMILES string of the molecule is COC(=O)CCNC(=O)CN(CC[C@@H]1O[C@H](COCc2ccccc2)[C@@H](OCc2ccccc2)[C@H](OCc2ccccc2)[C@H]1OCc1ccccc1)NC(=O)OC(C)(C)C. The van der Waals surface area contributed by atoms with Crippen molar-refractivity contribution in [2.75, 3.05) is 33.4 Å². The molecule has 0 aromatic heterocycles. The van der Waals surface area contributed by atoms with Crippen LogP contribution >= 0.6 is 0 Å². The van der Waals surface area contributed by atoms with E-state index in [4.69, 9.17) is 33.2 Å². The second-order valence-corrected chi connectivity index (χ2v) is 15.5. The Hall–Kier alpha value is -5.15. The van der Waals surface area contributed by atoms with Crippen LogP contribution in [0.3, 0.4) is 0 Å². The summed E-state index contributed by atoms with van der Waals surface area (Å²) in [7, 11) is 1.29. The summed E-state index contributed by atoms with van der Waals surface area (Å²) >= 11 is 0. The third kappa shape index (κ3) is 16.1. The van der Waals surface area contributed by atoms with E-state index < -0.39 is 54.1 Å². The predicted molar refractivity (Wildman–Crippen MR) is 225 cm³/mol. The Morgan fingerprint density at radius 3 is 1.60 bits per heavy atom. The Bertz CT molecular complexity index is 1850. The van der Waals surface area contributed by atoms with Crippen LogP contribution in [0.1, 0.15) is 55.9 Å². The van der Waals surface area contributed by atoms with Crippen molar-refractivity contribution >= 4 is 18.0 Å². The van der Waals surface area contributed by atoms with Crippen LogP contribution in [-0.2, 0) is 69.2 Å². The number of carbonyl (C=O) groups is 3. The van der Waals surface area contributed by atoms with Crippen molar-refractivity contribution in [2.45, 2.75) is 96.2 Å². The maximum Gasteiger partial charge on any atom is 0.422 e. The lowest BCUT2D eigenvalue weighted by Gasteiger charge is -2.46. The van der Waals surface area contributed by atoms with Crippen molar-refractivity contribution in [3.8, 4) is 0 Å². The van der Waals surface area contributed by atoms with Gasteiger partial charge in [-0.2, -0.15) is 0 Å². The van der Waals surface area contributed by atoms with Crippen LogP contribution in [0.25, 0.3) is 0 Å². The van der Waals surface area contributed by atoms with Crippen molar-refractivity contribution in [1.29, 1.82) is 0 Å². The van der Waals surface area contributed by atoms with Gasteiger partial charge in [0.15, 0.2) is 0 Å². The zero-order chi connectivity index (χ0) is 42.6. The lowest BCUT2D eigenvalue weighted by atomic mass is 9.92. The number of rotatable bonds is 22. The summed E-state index contributed by atoms with van der Waals surface area (Å²) in [6.07, 6.45) is -3.60. The van der Waals surface area contributed by atoms with Crippen molar-refractivity contribution < 1.29 is 47.5 Å². The molecule has 0 unspecified atom stereocenters. The zero-order valence-corrected chi connectivity index (χ0v) is 35.0. The van der Waals surface area contributed by atoms with E-state index in [0.29, 0.717) is 13.2 Å². The lowest BCUT2D eigenvalue weighted by Crippen LogP contribution is -2.62. The number of amides is 2. The molecule has 60 heavy (non-hydrogen) atoms. The second kappa shape index (κ2) is 24.2. The first-order chi connectivity index (χ1) is 29.1. The van der Waals surface area contributed by atoms with E-state index in [1.165, 1.54) is 12.1 Å². The number of nitrogens with one attached hydrogen (secondary N) is 2. The molecule has 4 aromatic rings. The molecule has 4 aromatic carbocycles. The quantitative estimate of drug-likeness (QED) is 0.0659. The number of esters is 1. The number of hydrogen-bond acceptors (Lipinski definition) is 11. The fraction of sp³-hybridized carbons (Fsp3) is 0.426. The molecule has 1 saturated heterocycles. The van der Waals surface area contributed by atoms with Crippen LogP contribution in [0.4, 0.5) is 4.79 Å². The van der Waals surface area contributed by atoms with E-state index in [2.05, 4.69) is 10.7 Å². The molecular formula is C47H59N3O10. The molecule has 0 radical (unpaired) electrons. The van der Waals surface area contributed by atoms with Gasteiger partial charge in [0.1, 0.15) is 30.0 Å². The van der Waals surface area contributed by atoms with Gasteiger partial charge in [0.2, 0.25) is 5.91 Å². The smallest absolute Gasteiger partial charge is 0.422 e. The first-order valence-corrected chi connectivity index (χ1v) is 20.4. The van der Waals surface area contributed by atoms with Crippen LogP contribution in [0.15, 0.2) is 121 Å². The Labute approximate surface area is 353 Å². The van der Waals surface area contributed by atoms with E-state index >= 15 is 0 Å². The fourth-order valence-electron chi connectivity index (χ4n) is 6.64. The lowest BCUT2D eigenvalue weighted by molar-refractivity contribution is -0.274. The summed E-state index contributed by atoms with van der Waals surface area (Å²) in [5.41, 5.74) is 5.90. The summed E-state index contributed by atoms with van der Waals surface area (Å²) < 4.78 is 44.0. The number of nitrogens with zero attached hydrogens (tertiary/aromatic N) is 1. The van der Waals surface area contributed by atoms with Crippen LogP contribution in [0, 0.1) is 0 Å². The van der Waals surface area contributed by atoms with Gasteiger partial charge in [0, 0.05) is 13.1 Å². The van der Waals surface area contributed by atoms with Gasteiger partial charge >= 0.3 is 12.1 Å². The molecule has 2 amide bonds. The number of carbonyl (C=O) groups excluding carboxylic acids is 3. The number of ether oxygens (including phenoxy) is 7. The minimum atomic E-state index is -0.785. The minimum absolute atomic E-state index is 0.00366. The highest BCUT2D eigenvalue weighted by atomic mass is 16.6. The van der Waals surface area contributed by atoms with Gasteiger partial charge in [-0.1, -0.05) is 121 Å². The minimum Gasteiger partial charge on any atom is -0.469 e. The standard InChI is InChI=1S/C47H59N3O10/c1-47(2,3)60-46(53)49-50(29-41(51)48-27-25-42(52)54-4)28-26-39-43(56-31-36-19-11-6-12-20-36)45(58-33-38-23-15-8-16-24-38)44(57-32-37-21-13-7-14-22-37)40(59-39)34-55-30-35-17-9-5-10-18-35/h5-24,39-40,43-45H,25-34H2,1-4H3,(H,48,51)(H,49,53)/t39-,40+,43-,44+,45+/m0/s1. The molecule has 0 saturated carbocycles. The van der Waals surface area contributed by atoms with Crippen molar-refractivity contribution in [2.24, 2.45) is 0 Å². The van der Waals surface area contributed by atoms with Gasteiger partial charge in [-0.05, 0) is 49.4 Å². The first kappa shape index (κ1) is 45.9. The first-order valence-electron chi connectivity index (χ1n) is 20.4. The van der Waals surface area contributed by atoms with Gasteiger partial charge in [0.05, 0.1) is 59.2 Å². The Balaban J connectivity index is 1.45. The topological polar surface area (TPSA) is 143 Å². The molecule has 1 fully saturated rings. The molecule has 1 aliphatic heterocycles. The molecule has 13 heteroatoms. The maximum absolute atomic E-state index is 13.1. The fourth-order valence-corrected chi connectivity index (χ4v) is 6.64. The molecule has 0 bridgehead atoms. The summed E-state index contributed by atoms with van der Waals surface area (Å²) in [6.45, 7) is 6.65. The molecule has 1 aliphatic rings. The van der Waals surface area contributed by atoms with E-state index in [0.717, 1.165) is 22.3 Å². The third-order valence-corrected chi connectivity index (χ3v) is 9.52.